The Labute approximate surface area is 139 Å². The number of nitriles is 1. The number of nitrogens with zero attached hydrogens (tertiary/aromatic N) is 3. The third-order valence-electron chi connectivity index (χ3n) is 3.98. The highest BCUT2D eigenvalue weighted by atomic mass is 32.1. The largest absolute Gasteiger partial charge is 0.298 e. The maximum absolute atomic E-state index is 12.3. The lowest BCUT2D eigenvalue weighted by molar-refractivity contribution is -0.120. The van der Waals surface area contributed by atoms with Crippen molar-refractivity contribution < 1.29 is 9.59 Å². The molecule has 0 fully saturated rings. The molecular formula is C17H19N3O2S. The molecule has 0 aromatic carbocycles. The molecule has 0 radical (unpaired) electrons. The first-order valence-corrected chi connectivity index (χ1v) is 8.18. The van der Waals surface area contributed by atoms with Crippen molar-refractivity contribution in [1.29, 1.82) is 5.26 Å². The van der Waals surface area contributed by atoms with Gasteiger partial charge in [0.25, 0.3) is 0 Å². The van der Waals surface area contributed by atoms with Crippen molar-refractivity contribution in [2.45, 2.75) is 33.6 Å². The summed E-state index contributed by atoms with van der Waals surface area (Å²) in [4.78, 5) is 26.1. The van der Waals surface area contributed by atoms with E-state index in [1.54, 1.807) is 10.7 Å². The molecule has 0 saturated heterocycles. The molecule has 0 amide bonds. The molecule has 2 aromatic rings. The fourth-order valence-electron chi connectivity index (χ4n) is 2.56. The fraction of sp³-hybridized carbons (Fsp3) is 0.412. The molecule has 2 heterocycles. The molecule has 2 aromatic heterocycles. The Balaban J connectivity index is 2.09. The van der Waals surface area contributed by atoms with Crippen molar-refractivity contribution in [1.82, 2.24) is 9.78 Å². The van der Waals surface area contributed by atoms with Gasteiger partial charge in [-0.05, 0) is 44.9 Å². The minimum Gasteiger partial charge on any atom is -0.298 e. The van der Waals surface area contributed by atoms with Crippen LogP contribution in [0.1, 0.15) is 37.9 Å². The monoisotopic (exact) mass is 329 g/mol. The van der Waals surface area contributed by atoms with Crippen LogP contribution in [-0.2, 0) is 18.3 Å². The number of carbonyl (C=O) groups is 2. The maximum atomic E-state index is 12.3. The summed E-state index contributed by atoms with van der Waals surface area (Å²) in [5, 5.41) is 13.6. The van der Waals surface area contributed by atoms with E-state index in [0.29, 0.717) is 11.3 Å². The predicted molar refractivity (Wildman–Crippen MR) is 88.5 cm³/mol. The summed E-state index contributed by atoms with van der Waals surface area (Å²) in [6.45, 7) is 5.73. The molecular weight excluding hydrogens is 310 g/mol. The van der Waals surface area contributed by atoms with E-state index in [0.717, 1.165) is 21.8 Å². The summed E-state index contributed by atoms with van der Waals surface area (Å²) in [6.07, 6.45) is 0.668. The van der Waals surface area contributed by atoms with Gasteiger partial charge in [-0.15, -0.1) is 11.3 Å². The normalized spacial score (nSPS) is 12.0. The second-order valence-corrected chi connectivity index (χ2v) is 6.86. The quantitative estimate of drug-likeness (QED) is 0.603. The fourth-order valence-corrected chi connectivity index (χ4v) is 3.40. The number of hydrogen-bond acceptors (Lipinski definition) is 5. The summed E-state index contributed by atoms with van der Waals surface area (Å²) in [5.74, 6) is -1.94. The molecule has 0 unspecified atom stereocenters. The smallest absolute Gasteiger partial charge is 0.197 e. The summed E-state index contributed by atoms with van der Waals surface area (Å²) in [5.41, 5.74) is 2.90. The number of carbonyl (C=O) groups excluding carboxylic acids is 2. The topological polar surface area (TPSA) is 75.8 Å². The van der Waals surface area contributed by atoms with Gasteiger partial charge in [0.05, 0.1) is 16.6 Å². The van der Waals surface area contributed by atoms with Crippen LogP contribution in [0.15, 0.2) is 12.1 Å². The minimum atomic E-state index is -1.22. The van der Waals surface area contributed by atoms with Crippen LogP contribution in [0, 0.1) is 38.0 Å². The molecule has 0 aliphatic rings. The minimum absolute atomic E-state index is 0.168. The van der Waals surface area contributed by atoms with Crippen molar-refractivity contribution in [2.75, 3.05) is 0 Å². The zero-order chi connectivity index (χ0) is 17.1. The highest BCUT2D eigenvalue weighted by molar-refractivity contribution is 7.14. The highest BCUT2D eigenvalue weighted by Crippen LogP contribution is 2.21. The summed E-state index contributed by atoms with van der Waals surface area (Å²) in [7, 11) is 1.86. The highest BCUT2D eigenvalue weighted by Gasteiger charge is 2.28. The average Bonchev–Trinajstić information content (AvgIpc) is 3.03. The first-order valence-electron chi connectivity index (χ1n) is 7.37. The van der Waals surface area contributed by atoms with Crippen LogP contribution in [-0.4, -0.2) is 21.3 Å². The SMILES string of the molecule is Cc1ccc(C(=O)[C@@H](C#N)C(=O)CCc2c(C)nn(C)c2C)s1. The van der Waals surface area contributed by atoms with Crippen molar-refractivity contribution in [2.24, 2.45) is 13.0 Å². The van der Waals surface area contributed by atoms with E-state index < -0.39 is 11.7 Å². The number of aromatic nitrogens is 2. The number of thiophene rings is 1. The Bertz CT molecular complexity index is 795. The van der Waals surface area contributed by atoms with E-state index in [1.165, 1.54) is 11.3 Å². The molecule has 5 nitrogen and oxygen atoms in total. The molecule has 0 bridgehead atoms. The van der Waals surface area contributed by atoms with Gasteiger partial charge in [-0.25, -0.2) is 0 Å². The van der Waals surface area contributed by atoms with Gasteiger partial charge in [0.1, 0.15) is 0 Å². The van der Waals surface area contributed by atoms with E-state index in [2.05, 4.69) is 5.10 Å². The number of Topliss-reactive ketones (excluding diaryl/α,β-unsaturated/α-hetero) is 2. The molecule has 120 valence electrons. The zero-order valence-corrected chi connectivity index (χ0v) is 14.5. The third-order valence-corrected chi connectivity index (χ3v) is 4.99. The van der Waals surface area contributed by atoms with Crippen LogP contribution in [0.25, 0.3) is 0 Å². The molecule has 1 atom stereocenters. The number of rotatable bonds is 6. The van der Waals surface area contributed by atoms with Gasteiger partial charge in [-0.3, -0.25) is 14.3 Å². The van der Waals surface area contributed by atoms with Crippen molar-refractivity contribution >= 4 is 22.9 Å². The second kappa shape index (κ2) is 6.88. The van der Waals surface area contributed by atoms with E-state index in [9.17, 15) is 14.9 Å². The van der Waals surface area contributed by atoms with Crippen LogP contribution < -0.4 is 0 Å². The molecule has 6 heteroatoms. The van der Waals surface area contributed by atoms with Crippen LogP contribution in [0.3, 0.4) is 0 Å². The average molecular weight is 329 g/mol. The Morgan fingerprint density at radius 3 is 2.52 bits per heavy atom. The summed E-state index contributed by atoms with van der Waals surface area (Å²) >= 11 is 1.31. The van der Waals surface area contributed by atoms with E-state index in [1.807, 2.05) is 40.0 Å². The Morgan fingerprint density at radius 1 is 1.35 bits per heavy atom. The molecule has 0 aliphatic heterocycles. The van der Waals surface area contributed by atoms with Gasteiger partial charge in [-0.2, -0.15) is 10.4 Å². The Hall–Kier alpha value is -2.26. The first-order chi connectivity index (χ1) is 10.8. The summed E-state index contributed by atoms with van der Waals surface area (Å²) in [6, 6.07) is 5.36. The van der Waals surface area contributed by atoms with E-state index in [4.69, 9.17) is 0 Å². The lowest BCUT2D eigenvalue weighted by Gasteiger charge is -2.06. The van der Waals surface area contributed by atoms with Gasteiger partial charge in [-0.1, -0.05) is 0 Å². The molecule has 0 N–H and O–H groups in total. The van der Waals surface area contributed by atoms with Crippen molar-refractivity contribution in [3.63, 3.8) is 0 Å². The van der Waals surface area contributed by atoms with Crippen LogP contribution in [0.2, 0.25) is 0 Å². The maximum Gasteiger partial charge on any atom is 0.197 e. The molecule has 0 saturated carbocycles. The lowest BCUT2D eigenvalue weighted by atomic mass is 9.94. The van der Waals surface area contributed by atoms with Gasteiger partial charge in [0, 0.05) is 24.0 Å². The van der Waals surface area contributed by atoms with Gasteiger partial charge in [0.15, 0.2) is 17.5 Å². The molecule has 0 aliphatic carbocycles. The van der Waals surface area contributed by atoms with Gasteiger partial charge >= 0.3 is 0 Å². The predicted octanol–water partition coefficient (Wildman–Crippen LogP) is 2.93. The molecule has 23 heavy (non-hydrogen) atoms. The molecule has 0 spiro atoms. The number of hydrogen-bond donors (Lipinski definition) is 0. The van der Waals surface area contributed by atoms with E-state index >= 15 is 0 Å². The molecule has 2 rings (SSSR count). The van der Waals surface area contributed by atoms with Crippen molar-refractivity contribution in [3.05, 3.63) is 38.8 Å². The van der Waals surface area contributed by atoms with Crippen LogP contribution >= 0.6 is 11.3 Å². The standard InChI is InChI=1S/C17H19N3O2S/c1-10-5-8-16(23-10)17(22)14(9-18)15(21)7-6-13-11(2)19-20(4)12(13)3/h5,8,14H,6-7H2,1-4H3/t14-/m0/s1. The lowest BCUT2D eigenvalue weighted by Crippen LogP contribution is -2.22. The second-order valence-electron chi connectivity index (χ2n) is 5.58. The van der Waals surface area contributed by atoms with Gasteiger partial charge in [0.2, 0.25) is 0 Å². The first kappa shape index (κ1) is 17.1. The number of ketones is 2. The Morgan fingerprint density at radius 2 is 2.04 bits per heavy atom. The number of aryl methyl sites for hydroxylation is 3. The van der Waals surface area contributed by atoms with Crippen LogP contribution in [0.4, 0.5) is 0 Å². The van der Waals surface area contributed by atoms with Gasteiger partial charge < -0.3 is 0 Å². The van der Waals surface area contributed by atoms with Crippen LogP contribution in [0.5, 0.6) is 0 Å². The van der Waals surface area contributed by atoms with Crippen molar-refractivity contribution in [3.8, 4) is 6.07 Å². The third kappa shape index (κ3) is 3.57. The summed E-state index contributed by atoms with van der Waals surface area (Å²) < 4.78 is 1.77. The Kier molecular flexibility index (Phi) is 5.12. The zero-order valence-electron chi connectivity index (χ0n) is 13.7. The van der Waals surface area contributed by atoms with E-state index in [-0.39, 0.29) is 12.2 Å².